The molecule has 0 aromatic heterocycles. The van der Waals surface area contributed by atoms with E-state index in [2.05, 4.69) is 0 Å². The van der Waals surface area contributed by atoms with E-state index in [4.69, 9.17) is 14.2 Å². The maximum Gasteiger partial charge on any atom is 0.305 e. The SMILES string of the molecule is COc1cccc2c1OC(c1ccccc1)(c1ccccc1)O2. The number of benzene rings is 3. The molecule has 1 aliphatic heterocycles. The van der Waals surface area contributed by atoms with Crippen LogP contribution in [0.5, 0.6) is 17.2 Å². The van der Waals surface area contributed by atoms with Crippen molar-refractivity contribution in [3.05, 3.63) is 90.0 Å². The highest BCUT2D eigenvalue weighted by Gasteiger charge is 2.46. The van der Waals surface area contributed by atoms with Gasteiger partial charge in [-0.05, 0) is 12.1 Å². The third kappa shape index (κ3) is 2.13. The molecule has 0 fully saturated rings. The Morgan fingerprint density at radius 3 is 1.87 bits per heavy atom. The standard InChI is InChI=1S/C20H16O3/c1-21-17-13-8-14-18-19(17)23-20(22-18,15-9-4-2-5-10-15)16-11-6-3-7-12-16/h2-14H,1H3. The van der Waals surface area contributed by atoms with Gasteiger partial charge in [0.15, 0.2) is 11.5 Å². The summed E-state index contributed by atoms with van der Waals surface area (Å²) in [5.74, 6) is 0.968. The summed E-state index contributed by atoms with van der Waals surface area (Å²) >= 11 is 0. The third-order valence-corrected chi connectivity index (χ3v) is 3.97. The fraction of sp³-hybridized carbons (Fsp3) is 0.100. The Kier molecular flexibility index (Phi) is 3.19. The van der Waals surface area contributed by atoms with E-state index in [1.165, 1.54) is 0 Å². The minimum absolute atomic E-state index is 0.628. The minimum atomic E-state index is -1.00. The van der Waals surface area contributed by atoms with Crippen molar-refractivity contribution in [1.82, 2.24) is 0 Å². The smallest absolute Gasteiger partial charge is 0.305 e. The lowest BCUT2D eigenvalue weighted by Gasteiger charge is -2.28. The fourth-order valence-corrected chi connectivity index (χ4v) is 2.87. The number of hydrogen-bond acceptors (Lipinski definition) is 3. The van der Waals surface area contributed by atoms with Crippen LogP contribution < -0.4 is 14.2 Å². The van der Waals surface area contributed by atoms with Gasteiger partial charge in [-0.1, -0.05) is 66.7 Å². The topological polar surface area (TPSA) is 27.7 Å². The molecule has 3 aromatic rings. The zero-order chi connectivity index (χ0) is 15.7. The normalized spacial score (nSPS) is 14.5. The molecule has 3 nitrogen and oxygen atoms in total. The fourth-order valence-electron chi connectivity index (χ4n) is 2.87. The minimum Gasteiger partial charge on any atom is -0.493 e. The first-order valence-corrected chi connectivity index (χ1v) is 7.49. The Hall–Kier alpha value is -2.94. The van der Waals surface area contributed by atoms with Crippen molar-refractivity contribution in [2.75, 3.05) is 7.11 Å². The molecule has 0 spiro atoms. The van der Waals surface area contributed by atoms with Crippen molar-refractivity contribution < 1.29 is 14.2 Å². The molecule has 3 heteroatoms. The third-order valence-electron chi connectivity index (χ3n) is 3.97. The van der Waals surface area contributed by atoms with Crippen LogP contribution in [0.1, 0.15) is 11.1 Å². The number of hydrogen-bond donors (Lipinski definition) is 0. The largest absolute Gasteiger partial charge is 0.493 e. The maximum absolute atomic E-state index is 6.34. The number of fused-ring (bicyclic) bond motifs is 1. The van der Waals surface area contributed by atoms with Gasteiger partial charge in [0, 0.05) is 11.1 Å². The van der Waals surface area contributed by atoms with Gasteiger partial charge in [-0.3, -0.25) is 0 Å². The Morgan fingerprint density at radius 2 is 1.30 bits per heavy atom. The van der Waals surface area contributed by atoms with E-state index in [0.29, 0.717) is 17.2 Å². The van der Waals surface area contributed by atoms with Gasteiger partial charge in [0.05, 0.1) is 7.11 Å². The summed E-state index contributed by atoms with van der Waals surface area (Å²) in [5.41, 5.74) is 1.87. The molecule has 0 radical (unpaired) electrons. The lowest BCUT2D eigenvalue weighted by Crippen LogP contribution is -2.36. The Labute approximate surface area is 135 Å². The van der Waals surface area contributed by atoms with Crippen molar-refractivity contribution in [3.8, 4) is 17.2 Å². The van der Waals surface area contributed by atoms with Gasteiger partial charge in [0.25, 0.3) is 0 Å². The predicted molar refractivity (Wildman–Crippen MR) is 87.9 cm³/mol. The first kappa shape index (κ1) is 13.7. The van der Waals surface area contributed by atoms with Crippen molar-refractivity contribution in [2.24, 2.45) is 0 Å². The molecule has 0 N–H and O–H groups in total. The summed E-state index contributed by atoms with van der Waals surface area (Å²) in [5, 5.41) is 0. The first-order valence-electron chi connectivity index (χ1n) is 7.49. The average molecular weight is 304 g/mol. The van der Waals surface area contributed by atoms with Crippen LogP contribution in [0.15, 0.2) is 78.9 Å². The second-order valence-corrected chi connectivity index (χ2v) is 5.34. The molecule has 0 unspecified atom stereocenters. The van der Waals surface area contributed by atoms with Crippen LogP contribution in [-0.2, 0) is 5.79 Å². The molecule has 0 bridgehead atoms. The number of ether oxygens (including phenoxy) is 3. The second-order valence-electron chi connectivity index (χ2n) is 5.34. The molecule has 1 heterocycles. The number of para-hydroxylation sites is 1. The van der Waals surface area contributed by atoms with Gasteiger partial charge in [-0.25, -0.2) is 0 Å². The number of methoxy groups -OCH3 is 1. The molecule has 0 aliphatic carbocycles. The van der Waals surface area contributed by atoms with Crippen LogP contribution in [0.4, 0.5) is 0 Å². The zero-order valence-electron chi connectivity index (χ0n) is 12.7. The predicted octanol–water partition coefficient (Wildman–Crippen LogP) is 4.37. The van der Waals surface area contributed by atoms with E-state index in [9.17, 15) is 0 Å². The molecule has 1 aliphatic rings. The highest BCUT2D eigenvalue weighted by molar-refractivity contribution is 5.56. The Morgan fingerprint density at radius 1 is 0.696 bits per heavy atom. The van der Waals surface area contributed by atoms with E-state index in [0.717, 1.165) is 11.1 Å². The molecule has 0 saturated heterocycles. The first-order chi connectivity index (χ1) is 11.3. The van der Waals surface area contributed by atoms with E-state index in [-0.39, 0.29) is 0 Å². The van der Waals surface area contributed by atoms with E-state index in [1.54, 1.807) is 7.11 Å². The second kappa shape index (κ2) is 5.36. The van der Waals surface area contributed by atoms with Gasteiger partial charge in [0.1, 0.15) is 0 Å². The molecule has 114 valence electrons. The van der Waals surface area contributed by atoms with Crippen molar-refractivity contribution >= 4 is 0 Å². The lowest BCUT2D eigenvalue weighted by atomic mass is 9.97. The highest BCUT2D eigenvalue weighted by Crippen LogP contribution is 2.51. The van der Waals surface area contributed by atoms with Gasteiger partial charge in [0.2, 0.25) is 5.75 Å². The van der Waals surface area contributed by atoms with Crippen LogP contribution in [0, 0.1) is 0 Å². The summed E-state index contributed by atoms with van der Waals surface area (Å²) in [6, 6.07) is 25.6. The number of rotatable bonds is 3. The quantitative estimate of drug-likeness (QED) is 0.719. The van der Waals surface area contributed by atoms with Crippen LogP contribution in [0.2, 0.25) is 0 Å². The monoisotopic (exact) mass is 304 g/mol. The Balaban J connectivity index is 1.91. The van der Waals surface area contributed by atoms with E-state index >= 15 is 0 Å². The summed E-state index contributed by atoms with van der Waals surface area (Å²) in [7, 11) is 1.63. The Bertz CT molecular complexity index is 773. The van der Waals surface area contributed by atoms with Crippen LogP contribution in [0.3, 0.4) is 0 Å². The summed E-state index contributed by atoms with van der Waals surface area (Å²) < 4.78 is 18.1. The van der Waals surface area contributed by atoms with Gasteiger partial charge < -0.3 is 14.2 Å². The van der Waals surface area contributed by atoms with Gasteiger partial charge >= 0.3 is 5.79 Å². The van der Waals surface area contributed by atoms with Crippen molar-refractivity contribution in [1.29, 1.82) is 0 Å². The molecule has 0 saturated carbocycles. The molecule has 4 rings (SSSR count). The molecular formula is C20H16O3. The van der Waals surface area contributed by atoms with Gasteiger partial charge in [-0.2, -0.15) is 0 Å². The molecule has 23 heavy (non-hydrogen) atoms. The van der Waals surface area contributed by atoms with Crippen LogP contribution >= 0.6 is 0 Å². The molecule has 0 amide bonds. The highest BCUT2D eigenvalue weighted by atomic mass is 16.7. The molecule has 0 atom stereocenters. The summed E-state index contributed by atoms with van der Waals surface area (Å²) in [4.78, 5) is 0. The van der Waals surface area contributed by atoms with Crippen molar-refractivity contribution in [2.45, 2.75) is 5.79 Å². The zero-order valence-corrected chi connectivity index (χ0v) is 12.7. The van der Waals surface area contributed by atoms with Crippen molar-refractivity contribution in [3.63, 3.8) is 0 Å². The summed E-state index contributed by atoms with van der Waals surface area (Å²) in [6.07, 6.45) is 0. The molecular weight excluding hydrogens is 288 g/mol. The van der Waals surface area contributed by atoms with E-state index in [1.807, 2.05) is 78.9 Å². The summed E-state index contributed by atoms with van der Waals surface area (Å²) in [6.45, 7) is 0. The average Bonchev–Trinajstić information content (AvgIpc) is 3.04. The van der Waals surface area contributed by atoms with Crippen LogP contribution in [-0.4, -0.2) is 7.11 Å². The van der Waals surface area contributed by atoms with E-state index < -0.39 is 5.79 Å². The van der Waals surface area contributed by atoms with Gasteiger partial charge in [-0.15, -0.1) is 0 Å². The maximum atomic E-state index is 6.34. The van der Waals surface area contributed by atoms with Crippen LogP contribution in [0.25, 0.3) is 0 Å². The lowest BCUT2D eigenvalue weighted by molar-refractivity contribution is -0.0466. The molecule has 3 aromatic carbocycles.